The highest BCUT2D eigenvalue weighted by Gasteiger charge is 2.22. The van der Waals surface area contributed by atoms with Crippen LogP contribution in [-0.2, 0) is 14.3 Å². The fourth-order valence-corrected chi connectivity index (χ4v) is 1.30. The zero-order chi connectivity index (χ0) is 15.1. The Morgan fingerprint density at radius 1 is 1.00 bits per heavy atom. The second kappa shape index (κ2) is 7.98. The van der Waals surface area contributed by atoms with Crippen molar-refractivity contribution < 1.29 is 14.3 Å². The Morgan fingerprint density at radius 2 is 1.47 bits per heavy atom. The summed E-state index contributed by atoms with van der Waals surface area (Å²) in [7, 11) is 0. The average molecular weight is 273 g/mol. The van der Waals surface area contributed by atoms with E-state index in [4.69, 9.17) is 15.2 Å². The first-order valence-corrected chi connectivity index (χ1v) is 6.98. The number of hydrogen-bond acceptors (Lipinski definition) is 4. The number of nitrogens with two attached hydrogens (primary N) is 1. The van der Waals surface area contributed by atoms with E-state index in [1.807, 2.05) is 13.8 Å². The lowest BCUT2D eigenvalue weighted by atomic mass is 9.94. The third-order valence-electron chi connectivity index (χ3n) is 2.92. The Bertz CT molecular complexity index is 273. The number of carbonyl (C=O) groups is 1. The first kappa shape index (κ1) is 18.6. The highest BCUT2D eigenvalue weighted by Crippen LogP contribution is 2.19. The molecule has 0 spiro atoms. The molecule has 0 aliphatic rings. The minimum absolute atomic E-state index is 0.00451. The van der Waals surface area contributed by atoms with Crippen LogP contribution in [0.1, 0.15) is 41.5 Å². The van der Waals surface area contributed by atoms with Crippen molar-refractivity contribution in [3.8, 4) is 0 Å². The summed E-state index contributed by atoms with van der Waals surface area (Å²) in [5, 5.41) is 0. The molecule has 19 heavy (non-hydrogen) atoms. The van der Waals surface area contributed by atoms with E-state index in [1.165, 1.54) is 0 Å². The first-order valence-electron chi connectivity index (χ1n) is 6.98. The van der Waals surface area contributed by atoms with Crippen LogP contribution in [0.4, 0.5) is 0 Å². The van der Waals surface area contributed by atoms with Crippen molar-refractivity contribution in [2.45, 2.75) is 41.5 Å². The van der Waals surface area contributed by atoms with Gasteiger partial charge in [0.1, 0.15) is 6.61 Å². The topological polar surface area (TPSA) is 61.5 Å². The minimum atomic E-state index is -0.0953. The maximum Gasteiger partial charge on any atom is 0.160 e. The second-order valence-corrected chi connectivity index (χ2v) is 7.14. The number of Topliss-reactive ketones (excluding diaryl/α,β-unsaturated/α-hetero) is 1. The first-order chi connectivity index (χ1) is 8.59. The van der Waals surface area contributed by atoms with Crippen molar-refractivity contribution in [2.24, 2.45) is 22.5 Å². The van der Waals surface area contributed by atoms with E-state index in [0.717, 1.165) is 0 Å². The van der Waals surface area contributed by atoms with Crippen molar-refractivity contribution in [2.75, 3.05) is 33.0 Å². The van der Waals surface area contributed by atoms with Gasteiger partial charge in [-0.2, -0.15) is 0 Å². The largest absolute Gasteiger partial charge is 0.380 e. The van der Waals surface area contributed by atoms with Gasteiger partial charge in [0.05, 0.1) is 19.8 Å². The quantitative estimate of drug-likeness (QED) is 0.663. The van der Waals surface area contributed by atoms with E-state index in [1.54, 1.807) is 0 Å². The van der Waals surface area contributed by atoms with Crippen LogP contribution in [0.3, 0.4) is 0 Å². The number of ether oxygens (including phenoxy) is 2. The summed E-state index contributed by atoms with van der Waals surface area (Å²) in [5.41, 5.74) is 5.56. The van der Waals surface area contributed by atoms with Crippen LogP contribution in [0.5, 0.6) is 0 Å². The standard InChI is InChI=1S/C15H31NO3/c1-12(2)13(17)7-18-10-15(5,6)11-19-9-14(3,4)8-16/h12H,7-11,16H2,1-6H3. The van der Waals surface area contributed by atoms with Crippen LogP contribution in [0.15, 0.2) is 0 Å². The Balaban J connectivity index is 3.89. The zero-order valence-corrected chi connectivity index (χ0v) is 13.4. The van der Waals surface area contributed by atoms with Gasteiger partial charge in [-0.25, -0.2) is 0 Å². The number of rotatable bonds is 10. The van der Waals surface area contributed by atoms with Gasteiger partial charge < -0.3 is 15.2 Å². The summed E-state index contributed by atoms with van der Waals surface area (Å²) < 4.78 is 11.2. The zero-order valence-electron chi connectivity index (χ0n) is 13.4. The molecule has 0 saturated heterocycles. The molecule has 0 amide bonds. The summed E-state index contributed by atoms with van der Waals surface area (Å²) in [4.78, 5) is 11.4. The monoisotopic (exact) mass is 273 g/mol. The van der Waals surface area contributed by atoms with Gasteiger partial charge >= 0.3 is 0 Å². The fraction of sp³-hybridized carbons (Fsp3) is 0.933. The summed E-state index contributed by atoms with van der Waals surface area (Å²) >= 11 is 0. The lowest BCUT2D eigenvalue weighted by molar-refractivity contribution is -0.128. The van der Waals surface area contributed by atoms with Crippen molar-refractivity contribution in [3.63, 3.8) is 0 Å². The van der Waals surface area contributed by atoms with Gasteiger partial charge in [-0.05, 0) is 6.54 Å². The van der Waals surface area contributed by atoms with Crippen LogP contribution in [0.2, 0.25) is 0 Å². The molecule has 0 unspecified atom stereocenters. The smallest absolute Gasteiger partial charge is 0.160 e. The van der Waals surface area contributed by atoms with Crippen molar-refractivity contribution in [1.29, 1.82) is 0 Å². The molecule has 0 bridgehead atoms. The minimum Gasteiger partial charge on any atom is -0.380 e. The molecule has 0 atom stereocenters. The Kier molecular flexibility index (Phi) is 7.79. The highest BCUT2D eigenvalue weighted by molar-refractivity contribution is 5.81. The maximum atomic E-state index is 11.4. The molecule has 0 heterocycles. The summed E-state index contributed by atoms with van der Waals surface area (Å²) in [6.45, 7) is 14.6. The maximum absolute atomic E-state index is 11.4. The number of ketones is 1. The molecule has 0 aliphatic carbocycles. The van der Waals surface area contributed by atoms with Gasteiger partial charge in [0.25, 0.3) is 0 Å². The molecular formula is C15H31NO3. The number of carbonyl (C=O) groups excluding carboxylic acids is 1. The van der Waals surface area contributed by atoms with Gasteiger partial charge in [0.2, 0.25) is 0 Å². The molecule has 0 rings (SSSR count). The summed E-state index contributed by atoms with van der Waals surface area (Å²) in [6, 6.07) is 0. The van der Waals surface area contributed by atoms with E-state index in [-0.39, 0.29) is 29.1 Å². The van der Waals surface area contributed by atoms with Crippen molar-refractivity contribution >= 4 is 5.78 Å². The van der Waals surface area contributed by atoms with E-state index in [9.17, 15) is 4.79 Å². The van der Waals surface area contributed by atoms with Crippen LogP contribution in [0, 0.1) is 16.7 Å². The van der Waals surface area contributed by atoms with Crippen LogP contribution >= 0.6 is 0 Å². The van der Waals surface area contributed by atoms with E-state index < -0.39 is 0 Å². The molecule has 0 aromatic heterocycles. The molecule has 0 aromatic rings. The van der Waals surface area contributed by atoms with Crippen LogP contribution in [-0.4, -0.2) is 38.8 Å². The predicted molar refractivity (Wildman–Crippen MR) is 78.1 cm³/mol. The van der Waals surface area contributed by atoms with Crippen molar-refractivity contribution in [1.82, 2.24) is 0 Å². The van der Waals surface area contributed by atoms with E-state index >= 15 is 0 Å². The number of hydrogen-bond donors (Lipinski definition) is 1. The van der Waals surface area contributed by atoms with Crippen molar-refractivity contribution in [3.05, 3.63) is 0 Å². The lowest BCUT2D eigenvalue weighted by Crippen LogP contribution is -2.33. The Hall–Kier alpha value is -0.450. The molecule has 2 N–H and O–H groups in total. The molecule has 0 aromatic carbocycles. The van der Waals surface area contributed by atoms with Gasteiger partial charge in [0, 0.05) is 16.7 Å². The second-order valence-electron chi connectivity index (χ2n) is 7.14. The fourth-order valence-electron chi connectivity index (χ4n) is 1.30. The SMILES string of the molecule is CC(C)C(=O)COCC(C)(C)COCC(C)(C)CN. The summed E-state index contributed by atoms with van der Waals surface area (Å²) in [5.74, 6) is 0.172. The molecule has 0 saturated carbocycles. The molecule has 114 valence electrons. The predicted octanol–water partition coefficient (Wildman–Crippen LogP) is 2.26. The summed E-state index contributed by atoms with van der Waals surface area (Å²) in [6.07, 6.45) is 0. The van der Waals surface area contributed by atoms with Gasteiger partial charge in [0.15, 0.2) is 5.78 Å². The average Bonchev–Trinajstić information content (AvgIpc) is 2.27. The van der Waals surface area contributed by atoms with E-state index in [0.29, 0.717) is 26.4 Å². The molecule has 4 heteroatoms. The highest BCUT2D eigenvalue weighted by atomic mass is 16.5. The molecule has 4 nitrogen and oxygen atoms in total. The van der Waals surface area contributed by atoms with Gasteiger partial charge in [-0.1, -0.05) is 41.5 Å². The van der Waals surface area contributed by atoms with Gasteiger partial charge in [-0.3, -0.25) is 4.79 Å². The molecule has 0 aliphatic heterocycles. The van der Waals surface area contributed by atoms with Crippen LogP contribution in [0.25, 0.3) is 0 Å². The van der Waals surface area contributed by atoms with Crippen LogP contribution < -0.4 is 5.73 Å². The lowest BCUT2D eigenvalue weighted by Gasteiger charge is -2.28. The molecule has 0 radical (unpaired) electrons. The molecule has 0 fully saturated rings. The van der Waals surface area contributed by atoms with Gasteiger partial charge in [-0.15, -0.1) is 0 Å². The normalized spacial score (nSPS) is 13.1. The Labute approximate surface area is 118 Å². The van der Waals surface area contributed by atoms with E-state index in [2.05, 4.69) is 27.7 Å². The third-order valence-corrected chi connectivity index (χ3v) is 2.92. The Morgan fingerprint density at radius 3 is 1.95 bits per heavy atom. The molecular weight excluding hydrogens is 242 g/mol. The third kappa shape index (κ3) is 9.14.